The highest BCUT2D eigenvalue weighted by atomic mass is 15.3. The average molecular weight is 236 g/mol. The van der Waals surface area contributed by atoms with Crippen LogP contribution >= 0.6 is 0 Å². The molecule has 1 heterocycles. The molecule has 0 aliphatic carbocycles. The molecule has 4 heteroatoms. The largest absolute Gasteiger partial charge is 0.352 e. The molecule has 0 bridgehead atoms. The normalized spacial score (nSPS) is 10.9. The Bertz CT molecular complexity index is 325. The van der Waals surface area contributed by atoms with Crippen LogP contribution in [0, 0.1) is 0 Å². The zero-order valence-corrected chi connectivity index (χ0v) is 11.2. The maximum absolute atomic E-state index is 5.75. The Morgan fingerprint density at radius 2 is 2.12 bits per heavy atom. The maximum Gasteiger partial charge on any atom is 0.155 e. The Labute approximate surface area is 104 Å². The van der Waals surface area contributed by atoms with Crippen molar-refractivity contribution in [1.29, 1.82) is 0 Å². The van der Waals surface area contributed by atoms with Gasteiger partial charge in [0.1, 0.15) is 0 Å². The summed E-state index contributed by atoms with van der Waals surface area (Å²) in [5.74, 6) is 0.945. The fourth-order valence-corrected chi connectivity index (χ4v) is 1.89. The lowest BCUT2D eigenvalue weighted by Gasteiger charge is -2.28. The molecule has 4 nitrogen and oxygen atoms in total. The van der Waals surface area contributed by atoms with E-state index in [1.54, 1.807) is 6.20 Å². The second kappa shape index (κ2) is 7.22. The zero-order chi connectivity index (χ0) is 12.7. The molecule has 0 amide bonds. The first-order chi connectivity index (χ1) is 8.20. The Kier molecular flexibility index (Phi) is 5.91. The standard InChI is InChI=1S/C13H24N4/c1-4-5-6-9-17(11(2)3)13-12(10-14)7-8-15-16-13/h7-8,11H,4-6,9-10,14H2,1-3H3. The molecule has 0 saturated carbocycles. The van der Waals surface area contributed by atoms with Crippen LogP contribution in [0.3, 0.4) is 0 Å². The summed E-state index contributed by atoms with van der Waals surface area (Å²) in [5.41, 5.74) is 6.82. The van der Waals surface area contributed by atoms with Gasteiger partial charge in [-0.15, -0.1) is 5.10 Å². The quantitative estimate of drug-likeness (QED) is 0.738. The van der Waals surface area contributed by atoms with Crippen molar-refractivity contribution in [2.75, 3.05) is 11.4 Å². The maximum atomic E-state index is 5.75. The predicted molar refractivity (Wildman–Crippen MR) is 71.9 cm³/mol. The second-order valence-electron chi connectivity index (χ2n) is 4.58. The number of rotatable bonds is 7. The third-order valence-corrected chi connectivity index (χ3v) is 2.90. The molecule has 96 valence electrons. The van der Waals surface area contributed by atoms with Crippen molar-refractivity contribution in [3.05, 3.63) is 17.8 Å². The summed E-state index contributed by atoms with van der Waals surface area (Å²) in [6, 6.07) is 2.38. The van der Waals surface area contributed by atoms with Gasteiger partial charge in [-0.25, -0.2) is 0 Å². The highest BCUT2D eigenvalue weighted by molar-refractivity contribution is 5.46. The lowest BCUT2D eigenvalue weighted by Crippen LogP contribution is -2.33. The Morgan fingerprint density at radius 1 is 1.35 bits per heavy atom. The van der Waals surface area contributed by atoms with Gasteiger partial charge < -0.3 is 10.6 Å². The molecule has 0 spiro atoms. The molecule has 1 aromatic heterocycles. The zero-order valence-electron chi connectivity index (χ0n) is 11.2. The predicted octanol–water partition coefficient (Wildman–Crippen LogP) is 2.34. The van der Waals surface area contributed by atoms with E-state index in [9.17, 15) is 0 Å². The van der Waals surface area contributed by atoms with E-state index in [4.69, 9.17) is 5.73 Å². The molecule has 0 aliphatic rings. The molecule has 0 unspecified atom stereocenters. The molecule has 1 aromatic rings. The van der Waals surface area contributed by atoms with Crippen LogP contribution in [0.25, 0.3) is 0 Å². The average Bonchev–Trinajstić information content (AvgIpc) is 2.34. The van der Waals surface area contributed by atoms with E-state index in [-0.39, 0.29) is 0 Å². The van der Waals surface area contributed by atoms with Gasteiger partial charge in [0, 0.05) is 24.7 Å². The number of aromatic nitrogens is 2. The van der Waals surface area contributed by atoms with Crippen LogP contribution in [-0.4, -0.2) is 22.8 Å². The summed E-state index contributed by atoms with van der Waals surface area (Å²) in [7, 11) is 0. The Balaban J connectivity index is 2.81. The summed E-state index contributed by atoms with van der Waals surface area (Å²) in [5, 5.41) is 8.22. The first-order valence-electron chi connectivity index (χ1n) is 6.48. The van der Waals surface area contributed by atoms with Crippen molar-refractivity contribution >= 4 is 5.82 Å². The van der Waals surface area contributed by atoms with Crippen molar-refractivity contribution in [2.24, 2.45) is 5.73 Å². The fourth-order valence-electron chi connectivity index (χ4n) is 1.89. The van der Waals surface area contributed by atoms with Gasteiger partial charge in [-0.1, -0.05) is 19.8 Å². The molecule has 0 aromatic carbocycles. The van der Waals surface area contributed by atoms with E-state index in [0.29, 0.717) is 12.6 Å². The summed E-state index contributed by atoms with van der Waals surface area (Å²) >= 11 is 0. The molecule has 2 N–H and O–H groups in total. The third kappa shape index (κ3) is 3.97. The van der Waals surface area contributed by atoms with Crippen LogP contribution in [0.1, 0.15) is 45.6 Å². The first-order valence-corrected chi connectivity index (χ1v) is 6.48. The number of anilines is 1. The molecule has 0 radical (unpaired) electrons. The van der Waals surface area contributed by atoms with E-state index >= 15 is 0 Å². The van der Waals surface area contributed by atoms with Crippen LogP contribution in [0.4, 0.5) is 5.82 Å². The summed E-state index contributed by atoms with van der Waals surface area (Å²) in [6.45, 7) is 8.12. The summed E-state index contributed by atoms with van der Waals surface area (Å²) in [6.07, 6.45) is 5.38. The molecular formula is C13H24N4. The molecule has 0 fully saturated rings. The van der Waals surface area contributed by atoms with Crippen LogP contribution < -0.4 is 10.6 Å². The van der Waals surface area contributed by atoms with E-state index in [0.717, 1.165) is 17.9 Å². The van der Waals surface area contributed by atoms with Gasteiger partial charge in [0.05, 0.1) is 6.20 Å². The minimum Gasteiger partial charge on any atom is -0.352 e. The Hall–Kier alpha value is -1.16. The van der Waals surface area contributed by atoms with Gasteiger partial charge in [0.15, 0.2) is 5.82 Å². The summed E-state index contributed by atoms with van der Waals surface area (Å²) < 4.78 is 0. The van der Waals surface area contributed by atoms with Crippen molar-refractivity contribution in [1.82, 2.24) is 10.2 Å². The van der Waals surface area contributed by atoms with Crippen molar-refractivity contribution in [3.8, 4) is 0 Å². The number of unbranched alkanes of at least 4 members (excludes halogenated alkanes) is 2. The van der Waals surface area contributed by atoms with E-state index < -0.39 is 0 Å². The van der Waals surface area contributed by atoms with Gasteiger partial charge in [0.2, 0.25) is 0 Å². The van der Waals surface area contributed by atoms with Crippen molar-refractivity contribution in [3.63, 3.8) is 0 Å². The molecule has 0 saturated heterocycles. The fraction of sp³-hybridized carbons (Fsp3) is 0.692. The SMILES string of the molecule is CCCCCN(c1nnccc1CN)C(C)C. The topological polar surface area (TPSA) is 55.0 Å². The number of nitrogens with two attached hydrogens (primary N) is 1. The van der Waals surface area contributed by atoms with Gasteiger partial charge in [0.25, 0.3) is 0 Å². The van der Waals surface area contributed by atoms with Crippen molar-refractivity contribution in [2.45, 2.75) is 52.6 Å². The van der Waals surface area contributed by atoms with Crippen LogP contribution in [0.2, 0.25) is 0 Å². The van der Waals surface area contributed by atoms with Gasteiger partial charge in [-0.2, -0.15) is 5.10 Å². The smallest absolute Gasteiger partial charge is 0.155 e. The van der Waals surface area contributed by atoms with Crippen LogP contribution in [0.15, 0.2) is 12.3 Å². The van der Waals surface area contributed by atoms with E-state index in [1.165, 1.54) is 19.3 Å². The van der Waals surface area contributed by atoms with E-state index in [2.05, 4.69) is 35.9 Å². The highest BCUT2D eigenvalue weighted by Crippen LogP contribution is 2.19. The molecule has 0 atom stereocenters. The van der Waals surface area contributed by atoms with Gasteiger partial charge in [-0.05, 0) is 26.3 Å². The highest BCUT2D eigenvalue weighted by Gasteiger charge is 2.15. The lowest BCUT2D eigenvalue weighted by molar-refractivity contribution is 0.613. The lowest BCUT2D eigenvalue weighted by atomic mass is 10.2. The number of hydrogen-bond acceptors (Lipinski definition) is 4. The molecular weight excluding hydrogens is 212 g/mol. The van der Waals surface area contributed by atoms with Crippen molar-refractivity contribution < 1.29 is 0 Å². The molecule has 0 aliphatic heterocycles. The minimum atomic E-state index is 0.425. The number of nitrogens with zero attached hydrogens (tertiary/aromatic N) is 3. The first kappa shape index (κ1) is 13.9. The van der Waals surface area contributed by atoms with Crippen LogP contribution in [0.5, 0.6) is 0 Å². The monoisotopic (exact) mass is 236 g/mol. The van der Waals surface area contributed by atoms with E-state index in [1.807, 2.05) is 6.07 Å². The molecule has 17 heavy (non-hydrogen) atoms. The Morgan fingerprint density at radius 3 is 2.71 bits per heavy atom. The van der Waals surface area contributed by atoms with Crippen LogP contribution in [-0.2, 0) is 6.54 Å². The number of hydrogen-bond donors (Lipinski definition) is 1. The third-order valence-electron chi connectivity index (χ3n) is 2.90. The minimum absolute atomic E-state index is 0.425. The second-order valence-corrected chi connectivity index (χ2v) is 4.58. The molecule has 1 rings (SSSR count). The van der Waals surface area contributed by atoms with Gasteiger partial charge in [-0.3, -0.25) is 0 Å². The van der Waals surface area contributed by atoms with Gasteiger partial charge >= 0.3 is 0 Å². The summed E-state index contributed by atoms with van der Waals surface area (Å²) in [4.78, 5) is 2.30.